The van der Waals surface area contributed by atoms with Crippen molar-refractivity contribution in [1.82, 2.24) is 15.2 Å². The topological polar surface area (TPSA) is 53.9 Å². The maximum Gasteiger partial charge on any atom is 0.249 e. The van der Waals surface area contributed by atoms with Crippen LogP contribution >= 0.6 is 23.2 Å². The summed E-state index contributed by atoms with van der Waals surface area (Å²) in [5.41, 5.74) is 3.18. The predicted octanol–water partition coefficient (Wildman–Crippen LogP) is 5.01. The SMILES string of the molecule is Clc1ccc(Nc2nncc(N3CCCc4ccccc43)n2)c(Cl)c1. The first-order valence-electron chi connectivity index (χ1n) is 7.98. The van der Waals surface area contributed by atoms with Crippen molar-refractivity contribution in [3.8, 4) is 0 Å². The van der Waals surface area contributed by atoms with E-state index in [0.29, 0.717) is 21.7 Å². The first-order valence-corrected chi connectivity index (χ1v) is 8.73. The Labute approximate surface area is 155 Å². The summed E-state index contributed by atoms with van der Waals surface area (Å²) >= 11 is 12.1. The van der Waals surface area contributed by atoms with Crippen LogP contribution in [0.1, 0.15) is 12.0 Å². The van der Waals surface area contributed by atoms with E-state index >= 15 is 0 Å². The molecule has 4 rings (SSSR count). The number of nitrogens with zero attached hydrogens (tertiary/aromatic N) is 4. The van der Waals surface area contributed by atoms with Crippen molar-refractivity contribution in [3.63, 3.8) is 0 Å². The van der Waals surface area contributed by atoms with E-state index in [4.69, 9.17) is 23.2 Å². The van der Waals surface area contributed by atoms with Crippen LogP contribution < -0.4 is 10.2 Å². The van der Waals surface area contributed by atoms with Crippen molar-refractivity contribution in [2.45, 2.75) is 12.8 Å². The third-order valence-corrected chi connectivity index (χ3v) is 4.66. The standard InChI is InChI=1S/C18H15Cl2N5/c19-13-7-8-15(14(20)10-13)22-18-23-17(11-21-24-18)25-9-3-5-12-4-1-2-6-16(12)25/h1-2,4,6-8,10-11H,3,5,9H2,(H,22,23,24). The first kappa shape index (κ1) is 16.1. The van der Waals surface area contributed by atoms with Gasteiger partial charge in [-0.25, -0.2) is 0 Å². The molecule has 0 saturated heterocycles. The largest absolute Gasteiger partial charge is 0.325 e. The molecular formula is C18H15Cl2N5. The number of rotatable bonds is 3. The summed E-state index contributed by atoms with van der Waals surface area (Å²) < 4.78 is 0. The molecule has 2 aromatic carbocycles. The Morgan fingerprint density at radius 3 is 2.84 bits per heavy atom. The average molecular weight is 372 g/mol. The van der Waals surface area contributed by atoms with E-state index in [1.807, 2.05) is 6.07 Å². The zero-order valence-corrected chi connectivity index (χ0v) is 14.8. The van der Waals surface area contributed by atoms with Crippen molar-refractivity contribution in [1.29, 1.82) is 0 Å². The van der Waals surface area contributed by atoms with E-state index in [-0.39, 0.29) is 0 Å². The summed E-state index contributed by atoms with van der Waals surface area (Å²) in [6, 6.07) is 13.6. The third kappa shape index (κ3) is 3.38. The molecule has 2 heterocycles. The van der Waals surface area contributed by atoms with E-state index < -0.39 is 0 Å². The molecule has 0 radical (unpaired) electrons. The molecule has 0 unspecified atom stereocenters. The summed E-state index contributed by atoms with van der Waals surface area (Å²) in [5, 5.41) is 12.3. The van der Waals surface area contributed by atoms with Gasteiger partial charge in [0.25, 0.3) is 0 Å². The van der Waals surface area contributed by atoms with Gasteiger partial charge in [0.1, 0.15) is 0 Å². The summed E-state index contributed by atoms with van der Waals surface area (Å²) in [4.78, 5) is 6.77. The lowest BCUT2D eigenvalue weighted by atomic mass is 10.0. The van der Waals surface area contributed by atoms with Gasteiger partial charge in [0, 0.05) is 17.3 Å². The van der Waals surface area contributed by atoms with Gasteiger partial charge in [-0.05, 0) is 42.7 Å². The lowest BCUT2D eigenvalue weighted by Crippen LogP contribution is -2.25. The maximum absolute atomic E-state index is 6.20. The lowest BCUT2D eigenvalue weighted by Gasteiger charge is -2.30. The number of aryl methyl sites for hydroxylation is 1. The molecule has 126 valence electrons. The van der Waals surface area contributed by atoms with Crippen LogP contribution in [0.3, 0.4) is 0 Å². The molecule has 0 aliphatic carbocycles. The Kier molecular flexibility index (Phi) is 4.42. The Balaban J connectivity index is 1.64. The van der Waals surface area contributed by atoms with Crippen molar-refractivity contribution in [2.24, 2.45) is 0 Å². The second-order valence-corrected chi connectivity index (χ2v) is 6.61. The Morgan fingerprint density at radius 2 is 1.96 bits per heavy atom. The quantitative estimate of drug-likeness (QED) is 0.701. The van der Waals surface area contributed by atoms with Crippen LogP contribution in [0.25, 0.3) is 0 Å². The van der Waals surface area contributed by atoms with E-state index in [2.05, 4.69) is 43.6 Å². The molecule has 0 fully saturated rings. The number of para-hydroxylation sites is 1. The molecule has 1 aliphatic heterocycles. The van der Waals surface area contributed by atoms with Crippen LogP contribution in [0.15, 0.2) is 48.7 Å². The van der Waals surface area contributed by atoms with Crippen LogP contribution in [0.4, 0.5) is 23.1 Å². The molecule has 7 heteroatoms. The minimum absolute atomic E-state index is 0.393. The number of halogens is 2. The van der Waals surface area contributed by atoms with Crippen LogP contribution in [0.5, 0.6) is 0 Å². The summed E-state index contributed by atoms with van der Waals surface area (Å²) in [5.74, 6) is 1.15. The zero-order valence-electron chi connectivity index (χ0n) is 13.3. The third-order valence-electron chi connectivity index (χ3n) is 4.11. The van der Waals surface area contributed by atoms with Crippen molar-refractivity contribution < 1.29 is 0 Å². The number of anilines is 4. The lowest BCUT2D eigenvalue weighted by molar-refractivity contribution is 0.754. The van der Waals surface area contributed by atoms with Gasteiger partial charge in [-0.2, -0.15) is 10.1 Å². The molecule has 25 heavy (non-hydrogen) atoms. The van der Waals surface area contributed by atoms with Gasteiger partial charge in [-0.1, -0.05) is 41.4 Å². The molecule has 0 spiro atoms. The van der Waals surface area contributed by atoms with Crippen LogP contribution in [-0.4, -0.2) is 21.7 Å². The highest BCUT2D eigenvalue weighted by atomic mass is 35.5. The monoisotopic (exact) mass is 371 g/mol. The molecule has 0 bridgehead atoms. The minimum atomic E-state index is 0.393. The minimum Gasteiger partial charge on any atom is -0.325 e. The molecule has 0 atom stereocenters. The summed E-state index contributed by atoms with van der Waals surface area (Å²) in [7, 11) is 0. The maximum atomic E-state index is 6.20. The fourth-order valence-corrected chi connectivity index (χ4v) is 3.42. The molecule has 3 aromatic rings. The second kappa shape index (κ2) is 6.86. The van der Waals surface area contributed by atoms with E-state index in [9.17, 15) is 0 Å². The molecule has 1 aromatic heterocycles. The van der Waals surface area contributed by atoms with E-state index in [1.54, 1.807) is 24.4 Å². The van der Waals surface area contributed by atoms with Gasteiger partial charge >= 0.3 is 0 Å². The molecule has 5 nitrogen and oxygen atoms in total. The van der Waals surface area contributed by atoms with Gasteiger partial charge in [-0.15, -0.1) is 5.10 Å². The Morgan fingerprint density at radius 1 is 1.08 bits per heavy atom. The highest BCUT2D eigenvalue weighted by molar-refractivity contribution is 6.36. The highest BCUT2D eigenvalue weighted by Gasteiger charge is 2.19. The van der Waals surface area contributed by atoms with E-state index in [1.165, 1.54) is 11.3 Å². The summed E-state index contributed by atoms with van der Waals surface area (Å²) in [6.45, 7) is 0.900. The van der Waals surface area contributed by atoms with Gasteiger partial charge in [0.2, 0.25) is 5.95 Å². The summed E-state index contributed by atoms with van der Waals surface area (Å²) in [6.07, 6.45) is 3.83. The van der Waals surface area contributed by atoms with Gasteiger partial charge < -0.3 is 10.2 Å². The Bertz CT molecular complexity index is 915. The second-order valence-electron chi connectivity index (χ2n) is 5.77. The van der Waals surface area contributed by atoms with Crippen molar-refractivity contribution in [3.05, 3.63) is 64.3 Å². The molecule has 0 saturated carbocycles. The van der Waals surface area contributed by atoms with Crippen molar-refractivity contribution in [2.75, 3.05) is 16.8 Å². The molecule has 1 N–H and O–H groups in total. The number of hydrogen-bond acceptors (Lipinski definition) is 5. The van der Waals surface area contributed by atoms with Crippen molar-refractivity contribution >= 4 is 46.3 Å². The average Bonchev–Trinajstić information content (AvgIpc) is 2.64. The number of fused-ring (bicyclic) bond motifs is 1. The zero-order chi connectivity index (χ0) is 17.2. The fraction of sp³-hybridized carbons (Fsp3) is 0.167. The molecule has 1 aliphatic rings. The molecular weight excluding hydrogens is 357 g/mol. The van der Waals surface area contributed by atoms with Gasteiger partial charge in [0.15, 0.2) is 5.82 Å². The van der Waals surface area contributed by atoms with E-state index in [0.717, 1.165) is 25.2 Å². The normalized spacial score (nSPS) is 13.4. The smallest absolute Gasteiger partial charge is 0.249 e. The fourth-order valence-electron chi connectivity index (χ4n) is 2.96. The number of aromatic nitrogens is 3. The number of nitrogens with one attached hydrogen (secondary N) is 1. The van der Waals surface area contributed by atoms with Gasteiger partial charge in [-0.3, -0.25) is 0 Å². The molecule has 0 amide bonds. The predicted molar refractivity (Wildman–Crippen MR) is 101 cm³/mol. The Hall–Kier alpha value is -2.37. The number of benzene rings is 2. The highest BCUT2D eigenvalue weighted by Crippen LogP contribution is 2.32. The first-order chi connectivity index (χ1) is 12.2. The number of hydrogen-bond donors (Lipinski definition) is 1. The van der Waals surface area contributed by atoms with Crippen LogP contribution in [0.2, 0.25) is 10.0 Å². The van der Waals surface area contributed by atoms with Crippen LogP contribution in [0, 0.1) is 0 Å². The van der Waals surface area contributed by atoms with Gasteiger partial charge in [0.05, 0.1) is 16.9 Å². The van der Waals surface area contributed by atoms with Crippen LogP contribution in [-0.2, 0) is 6.42 Å².